The number of hydrogen-bond acceptors (Lipinski definition) is 0. The number of benzene rings is 1. The first kappa shape index (κ1) is 9.31. The van der Waals surface area contributed by atoms with E-state index in [9.17, 15) is 0 Å². The molecule has 65 valence electrons. The van der Waals surface area contributed by atoms with Gasteiger partial charge in [0.25, 0.3) is 0 Å². The third kappa shape index (κ3) is 1.88. The highest BCUT2D eigenvalue weighted by molar-refractivity contribution is 5.37. The first-order chi connectivity index (χ1) is 5.65. The molecule has 0 aliphatic carbocycles. The molecular formula is C12H17. The highest BCUT2D eigenvalue weighted by atomic mass is 14.1. The second kappa shape index (κ2) is 3.75. The van der Waals surface area contributed by atoms with Gasteiger partial charge in [0.1, 0.15) is 0 Å². The number of hydrogen-bond donors (Lipinski definition) is 0. The summed E-state index contributed by atoms with van der Waals surface area (Å²) in [5.41, 5.74) is 5.66. The van der Waals surface area contributed by atoms with Crippen molar-refractivity contribution in [1.82, 2.24) is 0 Å². The topological polar surface area (TPSA) is 0 Å². The normalized spacial score (nSPS) is 10.3. The fourth-order valence-corrected chi connectivity index (χ4v) is 1.58. The summed E-state index contributed by atoms with van der Waals surface area (Å²) in [6.07, 6.45) is 2.10. The van der Waals surface area contributed by atoms with Crippen LogP contribution in [0.5, 0.6) is 0 Å². The van der Waals surface area contributed by atoms with Crippen LogP contribution in [0.3, 0.4) is 0 Å². The summed E-state index contributed by atoms with van der Waals surface area (Å²) in [5.74, 6) is 0. The minimum absolute atomic E-state index is 0.990. The minimum Gasteiger partial charge on any atom is -0.0561 e. The lowest BCUT2D eigenvalue weighted by Gasteiger charge is -2.08. The predicted molar refractivity (Wildman–Crippen MR) is 54.3 cm³/mol. The van der Waals surface area contributed by atoms with Gasteiger partial charge in [0, 0.05) is 0 Å². The van der Waals surface area contributed by atoms with Crippen molar-refractivity contribution in [1.29, 1.82) is 0 Å². The van der Waals surface area contributed by atoms with Gasteiger partial charge >= 0.3 is 0 Å². The van der Waals surface area contributed by atoms with Gasteiger partial charge in [-0.25, -0.2) is 0 Å². The van der Waals surface area contributed by atoms with Crippen molar-refractivity contribution < 1.29 is 0 Å². The van der Waals surface area contributed by atoms with Crippen molar-refractivity contribution in [3.05, 3.63) is 41.3 Å². The molecule has 0 fully saturated rings. The molecule has 1 aromatic rings. The van der Waals surface area contributed by atoms with Crippen LogP contribution in [0.2, 0.25) is 0 Å². The van der Waals surface area contributed by atoms with Crippen LogP contribution >= 0.6 is 0 Å². The zero-order valence-corrected chi connectivity index (χ0v) is 8.28. The Kier molecular flexibility index (Phi) is 2.91. The average molecular weight is 161 g/mol. The molecule has 0 saturated carbocycles. The molecule has 0 unspecified atom stereocenters. The monoisotopic (exact) mass is 161 g/mol. The van der Waals surface area contributed by atoms with Gasteiger partial charge in [-0.15, -0.1) is 0 Å². The van der Waals surface area contributed by atoms with E-state index in [0.717, 1.165) is 12.8 Å². The second-order valence-electron chi connectivity index (χ2n) is 3.47. The molecule has 0 heteroatoms. The van der Waals surface area contributed by atoms with Crippen LogP contribution < -0.4 is 0 Å². The number of rotatable bonds is 2. The zero-order valence-electron chi connectivity index (χ0n) is 8.28. The van der Waals surface area contributed by atoms with Gasteiger partial charge in [-0.1, -0.05) is 24.6 Å². The lowest BCUT2D eigenvalue weighted by molar-refractivity contribution is 0.976. The molecule has 0 amide bonds. The van der Waals surface area contributed by atoms with E-state index >= 15 is 0 Å². The Balaban J connectivity index is 3.09. The molecular weight excluding hydrogens is 144 g/mol. The van der Waals surface area contributed by atoms with E-state index < -0.39 is 0 Å². The SMILES string of the molecule is [CH2]CCc1cc(C)cc(C)c1C. The van der Waals surface area contributed by atoms with Crippen molar-refractivity contribution in [3.8, 4) is 0 Å². The van der Waals surface area contributed by atoms with Gasteiger partial charge in [-0.05, 0) is 50.3 Å². The Bertz CT molecular complexity index is 272. The number of aryl methyl sites for hydroxylation is 3. The van der Waals surface area contributed by atoms with Crippen LogP contribution in [0.4, 0.5) is 0 Å². The van der Waals surface area contributed by atoms with Crippen LogP contribution in [0.1, 0.15) is 28.7 Å². The molecule has 0 aliphatic rings. The lowest BCUT2D eigenvalue weighted by Crippen LogP contribution is -1.93. The van der Waals surface area contributed by atoms with E-state index in [2.05, 4.69) is 39.8 Å². The second-order valence-corrected chi connectivity index (χ2v) is 3.47. The molecule has 0 aliphatic heterocycles. The molecule has 0 nitrogen and oxygen atoms in total. The minimum atomic E-state index is 0.990. The Morgan fingerprint density at radius 2 is 1.83 bits per heavy atom. The maximum absolute atomic E-state index is 3.88. The Labute approximate surface area is 75.6 Å². The van der Waals surface area contributed by atoms with Crippen molar-refractivity contribution in [2.45, 2.75) is 33.6 Å². The first-order valence-corrected chi connectivity index (χ1v) is 4.51. The molecule has 0 saturated heterocycles. The van der Waals surface area contributed by atoms with Crippen LogP contribution in [0.25, 0.3) is 0 Å². The van der Waals surface area contributed by atoms with E-state index in [0.29, 0.717) is 0 Å². The fraction of sp³-hybridized carbons (Fsp3) is 0.417. The average Bonchev–Trinajstić information content (AvgIpc) is 2.00. The van der Waals surface area contributed by atoms with Crippen LogP contribution in [0.15, 0.2) is 12.1 Å². The summed E-state index contributed by atoms with van der Waals surface area (Å²) >= 11 is 0. The highest BCUT2D eigenvalue weighted by Crippen LogP contribution is 2.17. The van der Waals surface area contributed by atoms with Crippen molar-refractivity contribution in [3.63, 3.8) is 0 Å². The molecule has 0 aromatic heterocycles. The van der Waals surface area contributed by atoms with E-state index in [1.165, 1.54) is 22.3 Å². The summed E-state index contributed by atoms with van der Waals surface area (Å²) in [7, 11) is 0. The van der Waals surface area contributed by atoms with E-state index in [1.54, 1.807) is 0 Å². The van der Waals surface area contributed by atoms with Gasteiger partial charge in [-0.2, -0.15) is 0 Å². The first-order valence-electron chi connectivity index (χ1n) is 4.51. The molecule has 12 heavy (non-hydrogen) atoms. The van der Waals surface area contributed by atoms with Crippen molar-refractivity contribution >= 4 is 0 Å². The summed E-state index contributed by atoms with van der Waals surface area (Å²) < 4.78 is 0. The van der Waals surface area contributed by atoms with Crippen molar-refractivity contribution in [2.75, 3.05) is 0 Å². The molecule has 0 bridgehead atoms. The third-order valence-corrected chi connectivity index (χ3v) is 2.37. The summed E-state index contributed by atoms with van der Waals surface area (Å²) in [6, 6.07) is 4.51. The molecule has 0 spiro atoms. The predicted octanol–water partition coefficient (Wildman–Crippen LogP) is 3.38. The van der Waals surface area contributed by atoms with E-state index in [1.807, 2.05) is 0 Å². The largest absolute Gasteiger partial charge is 0.0561 e. The van der Waals surface area contributed by atoms with Gasteiger partial charge in [0.2, 0.25) is 0 Å². The van der Waals surface area contributed by atoms with E-state index in [-0.39, 0.29) is 0 Å². The van der Waals surface area contributed by atoms with Gasteiger partial charge in [0.05, 0.1) is 0 Å². The molecule has 1 radical (unpaired) electrons. The summed E-state index contributed by atoms with van der Waals surface area (Å²) in [4.78, 5) is 0. The molecule has 0 heterocycles. The fourth-order valence-electron chi connectivity index (χ4n) is 1.58. The molecule has 1 aromatic carbocycles. The maximum atomic E-state index is 3.88. The van der Waals surface area contributed by atoms with Gasteiger partial charge < -0.3 is 0 Å². The van der Waals surface area contributed by atoms with Gasteiger partial charge in [-0.3, -0.25) is 0 Å². The summed E-state index contributed by atoms with van der Waals surface area (Å²) in [6.45, 7) is 10.4. The van der Waals surface area contributed by atoms with Crippen LogP contribution in [-0.4, -0.2) is 0 Å². The lowest BCUT2D eigenvalue weighted by atomic mass is 9.97. The zero-order chi connectivity index (χ0) is 9.14. The maximum Gasteiger partial charge on any atom is -0.0276 e. The molecule has 0 N–H and O–H groups in total. The smallest absolute Gasteiger partial charge is 0.0276 e. The Hall–Kier alpha value is -0.780. The van der Waals surface area contributed by atoms with Gasteiger partial charge in [0.15, 0.2) is 0 Å². The quantitative estimate of drug-likeness (QED) is 0.623. The standard InChI is InChI=1S/C12H17/c1-5-6-12-8-9(2)7-10(3)11(12)4/h7-8H,1,5-6H2,2-4H3. The molecule has 0 atom stereocenters. The Morgan fingerprint density at radius 1 is 1.17 bits per heavy atom. The van der Waals surface area contributed by atoms with E-state index in [4.69, 9.17) is 0 Å². The van der Waals surface area contributed by atoms with Crippen LogP contribution in [0, 0.1) is 27.7 Å². The van der Waals surface area contributed by atoms with Crippen LogP contribution in [-0.2, 0) is 6.42 Å². The highest BCUT2D eigenvalue weighted by Gasteiger charge is 2.00. The Morgan fingerprint density at radius 3 is 2.42 bits per heavy atom. The molecule has 1 rings (SSSR count). The summed E-state index contributed by atoms with van der Waals surface area (Å²) in [5, 5.41) is 0. The third-order valence-electron chi connectivity index (χ3n) is 2.37. The van der Waals surface area contributed by atoms with Crippen molar-refractivity contribution in [2.24, 2.45) is 0 Å².